The van der Waals surface area contributed by atoms with Crippen LogP contribution in [0.25, 0.3) is 0 Å². The van der Waals surface area contributed by atoms with E-state index in [4.69, 9.17) is 10.2 Å². The van der Waals surface area contributed by atoms with E-state index in [1.807, 2.05) is 34.8 Å². The number of aromatic nitrogens is 4. The highest BCUT2D eigenvalue weighted by atomic mass is 19.4. The molecule has 4 unspecified atom stereocenters. The number of alkyl halides is 12. The van der Waals surface area contributed by atoms with Crippen LogP contribution < -0.4 is 5.32 Å². The maximum Gasteiger partial charge on any atom is 0.434 e. The highest BCUT2D eigenvalue weighted by Gasteiger charge is 2.61. The van der Waals surface area contributed by atoms with Crippen LogP contribution in [0.3, 0.4) is 0 Å². The summed E-state index contributed by atoms with van der Waals surface area (Å²) in [7, 11) is 3.87. The molecule has 4 atom stereocenters. The lowest BCUT2D eigenvalue weighted by molar-refractivity contribution is -0.309. The van der Waals surface area contributed by atoms with E-state index in [1.165, 1.54) is 37.4 Å². The van der Waals surface area contributed by atoms with E-state index < -0.39 is 43.0 Å². The van der Waals surface area contributed by atoms with Crippen LogP contribution in [0.5, 0.6) is 0 Å². The summed E-state index contributed by atoms with van der Waals surface area (Å²) in [6.45, 7) is 14.0. The molecular weight excluding hydrogens is 965 g/mol. The van der Waals surface area contributed by atoms with E-state index in [1.54, 1.807) is 18.5 Å². The molecule has 2 aromatic rings. The van der Waals surface area contributed by atoms with Gasteiger partial charge in [-0.1, -0.05) is 0 Å². The predicted octanol–water partition coefficient (Wildman–Crippen LogP) is 5.41. The molecule has 0 bridgehead atoms. The van der Waals surface area contributed by atoms with Crippen LogP contribution in [-0.2, 0) is 41.5 Å². The van der Waals surface area contributed by atoms with Crippen molar-refractivity contribution in [3.8, 4) is 0 Å². The standard InChI is InChI=1S/C22H29F6N5O3.C18H29N5O.C3H2F6O/c1-13(34)32-5-3-14(4-6-32)18-17(7-30(2)29-18)10-31-8-15-11-33(12-16(15)9-31)20(35)36-19(21(23,24)25)22(26,27)28;1-13(24)23-5-3-14(4-6-23)18-17(9-21(2)20-18)12-22-10-15-7-19-8-16(15)11-22;4-2(5,6)1(10)3(7,8)9/h7,14-16,19H,3-6,8-12H2,1-2H3;9,14-16,19H,3-8,10-12H2,1-2H3;1,10H. The van der Waals surface area contributed by atoms with E-state index in [9.17, 15) is 67.1 Å². The van der Waals surface area contributed by atoms with Crippen molar-refractivity contribution in [1.82, 2.24) is 49.4 Å². The van der Waals surface area contributed by atoms with Gasteiger partial charge in [0.25, 0.3) is 6.10 Å². The first-order valence-corrected chi connectivity index (χ1v) is 23.1. The first-order valence-electron chi connectivity index (χ1n) is 23.1. The Bertz CT molecular complexity index is 2040. The first-order chi connectivity index (χ1) is 32.5. The minimum Gasteiger partial charge on any atom is -0.426 e. The van der Waals surface area contributed by atoms with Gasteiger partial charge in [-0.05, 0) is 62.4 Å². The number of ether oxygens (including phenoxy) is 1. The molecule has 27 heteroatoms. The van der Waals surface area contributed by atoms with E-state index in [2.05, 4.69) is 31.1 Å². The molecule has 0 spiro atoms. The number of aliphatic hydroxyl groups is 1. The van der Waals surface area contributed by atoms with Gasteiger partial charge in [0.15, 0.2) is 0 Å². The lowest BCUT2D eigenvalue weighted by Gasteiger charge is -2.31. The van der Waals surface area contributed by atoms with Crippen LogP contribution in [0, 0.1) is 23.7 Å². The number of hydrogen-bond acceptors (Lipinski definition) is 10. The second-order valence-electron chi connectivity index (χ2n) is 19.3. The van der Waals surface area contributed by atoms with Crippen molar-refractivity contribution in [3.63, 3.8) is 0 Å². The molecule has 2 N–H and O–H groups in total. The Morgan fingerprint density at radius 1 is 0.600 bits per heavy atom. The van der Waals surface area contributed by atoms with Crippen molar-refractivity contribution < 1.29 is 76.9 Å². The minimum absolute atomic E-state index is 0.0475. The maximum atomic E-state index is 12.7. The van der Waals surface area contributed by atoms with Gasteiger partial charge in [0.05, 0.1) is 11.4 Å². The maximum absolute atomic E-state index is 12.7. The van der Waals surface area contributed by atoms with E-state index in [0.717, 1.165) is 73.3 Å². The summed E-state index contributed by atoms with van der Waals surface area (Å²) >= 11 is 0. The lowest BCUT2D eigenvalue weighted by Crippen LogP contribution is -2.48. The molecule has 6 aliphatic rings. The lowest BCUT2D eigenvalue weighted by atomic mass is 9.91. The zero-order valence-corrected chi connectivity index (χ0v) is 39.1. The smallest absolute Gasteiger partial charge is 0.426 e. The number of carbonyl (C=O) groups is 3. The molecule has 2 aromatic heterocycles. The summed E-state index contributed by atoms with van der Waals surface area (Å²) in [6.07, 6.45) is -24.8. The molecule has 0 radical (unpaired) electrons. The highest BCUT2D eigenvalue weighted by molar-refractivity contribution is 5.73. The monoisotopic (exact) mass is 1020 g/mol. The van der Waals surface area contributed by atoms with Crippen molar-refractivity contribution in [3.05, 3.63) is 34.9 Å². The molecule has 6 fully saturated rings. The SMILES string of the molecule is CC(=O)N1CCC(c2nn(C)cc2CN2CC3CN(C(=O)OC(C(F)(F)F)C(F)(F)F)CC3C2)CC1.CC(=O)N1CCC(c2nn(C)cc2CN2CC3CNCC3C2)CC1.OC(C(F)(F)F)C(F)(F)F. The molecule has 6 aliphatic heterocycles. The quantitative estimate of drug-likeness (QED) is 0.346. The van der Waals surface area contributed by atoms with Crippen LogP contribution in [-0.4, -0.2) is 183 Å². The molecule has 3 amide bonds. The largest absolute Gasteiger partial charge is 0.434 e. The fourth-order valence-corrected chi connectivity index (χ4v) is 10.6. The van der Waals surface area contributed by atoms with Gasteiger partial charge in [-0.3, -0.25) is 28.8 Å². The van der Waals surface area contributed by atoms with Gasteiger partial charge in [-0.15, -0.1) is 0 Å². The van der Waals surface area contributed by atoms with E-state index in [0.29, 0.717) is 38.6 Å². The summed E-state index contributed by atoms with van der Waals surface area (Å²) in [6, 6.07) is 0. The van der Waals surface area contributed by atoms with Gasteiger partial charge >= 0.3 is 30.8 Å². The van der Waals surface area contributed by atoms with Gasteiger partial charge in [-0.25, -0.2) is 4.79 Å². The number of nitrogens with zero attached hydrogens (tertiary/aromatic N) is 9. The zero-order valence-electron chi connectivity index (χ0n) is 39.1. The van der Waals surface area contributed by atoms with Crippen molar-refractivity contribution in [2.45, 2.75) is 101 Å². The van der Waals surface area contributed by atoms with Crippen molar-refractivity contribution >= 4 is 17.9 Å². The number of hydrogen-bond donors (Lipinski definition) is 2. The number of rotatable bonds is 7. The first kappa shape index (κ1) is 55.0. The van der Waals surface area contributed by atoms with Crippen molar-refractivity contribution in [2.75, 3.05) is 78.5 Å². The molecule has 15 nitrogen and oxygen atoms in total. The third kappa shape index (κ3) is 14.0. The van der Waals surface area contributed by atoms with Crippen LogP contribution in [0.1, 0.15) is 73.9 Å². The topological polar surface area (TPSA) is 145 Å². The Morgan fingerprint density at radius 2 is 0.957 bits per heavy atom. The molecule has 8 rings (SSSR count). The molecule has 0 aliphatic carbocycles. The highest BCUT2D eigenvalue weighted by Crippen LogP contribution is 2.39. The van der Waals surface area contributed by atoms with E-state index in [-0.39, 0.29) is 42.7 Å². The second kappa shape index (κ2) is 21.8. The Hall–Kier alpha value is -4.37. The fraction of sp³-hybridized carbons (Fsp3) is 0.791. The second-order valence-corrected chi connectivity index (χ2v) is 19.3. The number of aryl methyl sites for hydroxylation is 2. The van der Waals surface area contributed by atoms with Crippen LogP contribution >= 0.6 is 0 Å². The summed E-state index contributed by atoms with van der Waals surface area (Å²) in [4.78, 5) is 44.8. The number of piperidine rings is 2. The molecule has 70 heavy (non-hydrogen) atoms. The molecular formula is C43H60F12N10O5. The third-order valence-electron chi connectivity index (χ3n) is 14.0. The summed E-state index contributed by atoms with van der Waals surface area (Å²) in [5.74, 6) is 2.54. The Balaban J connectivity index is 0.000000202. The number of aliphatic hydroxyl groups excluding tert-OH is 1. The summed E-state index contributed by atoms with van der Waals surface area (Å²) in [5, 5.41) is 20.4. The number of fused-ring (bicyclic) bond motifs is 2. The Morgan fingerprint density at radius 3 is 1.27 bits per heavy atom. The average molecular weight is 1020 g/mol. The Kier molecular flexibility index (Phi) is 17.1. The number of carbonyl (C=O) groups excluding carboxylic acids is 3. The molecule has 396 valence electrons. The van der Waals surface area contributed by atoms with Crippen LogP contribution in [0.2, 0.25) is 0 Å². The van der Waals surface area contributed by atoms with Gasteiger partial charge in [0.2, 0.25) is 17.9 Å². The van der Waals surface area contributed by atoms with Gasteiger partial charge in [0, 0.05) is 142 Å². The van der Waals surface area contributed by atoms with Crippen LogP contribution in [0.4, 0.5) is 57.5 Å². The number of likely N-dealkylation sites (tertiary alicyclic amines) is 5. The van der Waals surface area contributed by atoms with E-state index >= 15 is 0 Å². The molecule has 8 heterocycles. The fourth-order valence-electron chi connectivity index (χ4n) is 10.6. The number of halogens is 12. The van der Waals surface area contributed by atoms with Crippen molar-refractivity contribution in [1.29, 1.82) is 0 Å². The summed E-state index contributed by atoms with van der Waals surface area (Å²) in [5.41, 5.74) is 4.73. The zero-order chi connectivity index (χ0) is 51.7. The average Bonchev–Trinajstić information content (AvgIpc) is 4.11. The number of amides is 3. The molecule has 6 saturated heterocycles. The van der Waals surface area contributed by atoms with Crippen molar-refractivity contribution in [2.24, 2.45) is 37.8 Å². The molecule has 0 aromatic carbocycles. The normalized spacial score (nSPS) is 24.2. The number of nitrogens with one attached hydrogen (secondary N) is 1. The molecule has 0 saturated carbocycles. The minimum atomic E-state index is -5.73. The van der Waals surface area contributed by atoms with Gasteiger partial charge in [-0.2, -0.15) is 62.9 Å². The van der Waals surface area contributed by atoms with Gasteiger partial charge < -0.3 is 29.9 Å². The Labute approximate surface area is 396 Å². The van der Waals surface area contributed by atoms with Crippen LogP contribution in [0.15, 0.2) is 12.4 Å². The third-order valence-corrected chi connectivity index (χ3v) is 14.0. The predicted molar refractivity (Wildman–Crippen MR) is 224 cm³/mol. The van der Waals surface area contributed by atoms with Gasteiger partial charge in [0.1, 0.15) is 0 Å². The summed E-state index contributed by atoms with van der Waals surface area (Å²) < 4.78 is 150.